The molecule has 110 valence electrons. The van der Waals surface area contributed by atoms with Gasteiger partial charge in [-0.05, 0) is 30.5 Å². The molecule has 4 heteroatoms. The fourth-order valence-corrected chi connectivity index (χ4v) is 3.03. The van der Waals surface area contributed by atoms with Crippen molar-refractivity contribution >= 4 is 22.2 Å². The Morgan fingerprint density at radius 1 is 1.35 bits per heavy atom. The fraction of sp³-hybridized carbons (Fsp3) is 0.562. The van der Waals surface area contributed by atoms with Crippen molar-refractivity contribution in [2.45, 2.75) is 31.8 Å². The molecule has 1 aromatic rings. The zero-order valence-corrected chi connectivity index (χ0v) is 13.5. The minimum atomic E-state index is -0.602. The molecule has 0 saturated carbocycles. The molecule has 1 atom stereocenters. The molecule has 0 aromatic heterocycles. The van der Waals surface area contributed by atoms with Crippen LogP contribution >= 0.6 is 15.9 Å². The molecule has 2 rings (SSSR count). The lowest BCUT2D eigenvalue weighted by Crippen LogP contribution is -2.46. The van der Waals surface area contributed by atoms with Gasteiger partial charge in [-0.1, -0.05) is 35.0 Å². The maximum absolute atomic E-state index is 10.7. The lowest BCUT2D eigenvalue weighted by molar-refractivity contribution is -0.111. The largest absolute Gasteiger partial charge is 0.389 e. The van der Waals surface area contributed by atoms with E-state index >= 15 is 0 Å². The number of rotatable bonds is 5. The van der Waals surface area contributed by atoms with Crippen LogP contribution < -0.4 is 0 Å². The highest BCUT2D eigenvalue weighted by Crippen LogP contribution is 2.27. The normalized spacial score (nSPS) is 20.6. The number of piperidine rings is 1. The van der Waals surface area contributed by atoms with Gasteiger partial charge in [-0.15, -0.1) is 0 Å². The van der Waals surface area contributed by atoms with Crippen LogP contribution in [0.2, 0.25) is 0 Å². The minimum absolute atomic E-state index is 0.0765. The van der Waals surface area contributed by atoms with Gasteiger partial charge in [-0.2, -0.15) is 0 Å². The Balaban J connectivity index is 1.87. The van der Waals surface area contributed by atoms with Gasteiger partial charge in [-0.25, -0.2) is 0 Å². The Kier molecular flexibility index (Phi) is 5.35. The summed E-state index contributed by atoms with van der Waals surface area (Å²) in [5.74, 6) is 0.0765. The van der Waals surface area contributed by atoms with Gasteiger partial charge in [0.05, 0.1) is 5.60 Å². The first-order valence-electron chi connectivity index (χ1n) is 7.15. The highest BCUT2D eigenvalue weighted by Gasteiger charge is 2.32. The number of likely N-dealkylation sites (tertiary alicyclic amines) is 1. The molecule has 1 fully saturated rings. The van der Waals surface area contributed by atoms with Crippen molar-refractivity contribution in [3.05, 3.63) is 34.3 Å². The van der Waals surface area contributed by atoms with E-state index in [2.05, 4.69) is 33.0 Å². The van der Waals surface area contributed by atoms with Crippen molar-refractivity contribution < 1.29 is 9.90 Å². The number of halogens is 1. The third-order valence-electron chi connectivity index (χ3n) is 4.01. The van der Waals surface area contributed by atoms with Crippen LogP contribution in [0.3, 0.4) is 0 Å². The molecule has 0 aliphatic carbocycles. The van der Waals surface area contributed by atoms with Gasteiger partial charge in [0.15, 0.2) is 0 Å². The number of hydrogen-bond acceptors (Lipinski definition) is 3. The molecule has 1 heterocycles. The summed E-state index contributed by atoms with van der Waals surface area (Å²) in [4.78, 5) is 13.0. The molecule has 1 aliphatic heterocycles. The van der Waals surface area contributed by atoms with Crippen molar-refractivity contribution in [2.24, 2.45) is 5.92 Å². The topological polar surface area (TPSA) is 40.5 Å². The lowest BCUT2D eigenvalue weighted by Gasteiger charge is -2.38. The van der Waals surface area contributed by atoms with Crippen LogP contribution in [-0.4, -0.2) is 41.5 Å². The van der Waals surface area contributed by atoms with E-state index in [1.54, 1.807) is 0 Å². The van der Waals surface area contributed by atoms with E-state index in [1.165, 1.54) is 5.56 Å². The van der Waals surface area contributed by atoms with E-state index in [0.717, 1.165) is 43.2 Å². The first kappa shape index (κ1) is 15.7. The summed E-state index contributed by atoms with van der Waals surface area (Å²) in [5, 5.41) is 10.7. The van der Waals surface area contributed by atoms with Crippen LogP contribution in [0.15, 0.2) is 28.7 Å². The van der Waals surface area contributed by atoms with Crippen LogP contribution in [0.25, 0.3) is 0 Å². The molecule has 20 heavy (non-hydrogen) atoms. The van der Waals surface area contributed by atoms with E-state index in [-0.39, 0.29) is 5.92 Å². The molecule has 0 amide bonds. The van der Waals surface area contributed by atoms with Crippen molar-refractivity contribution in [3.63, 3.8) is 0 Å². The summed E-state index contributed by atoms with van der Waals surface area (Å²) < 4.78 is 1.06. The fourth-order valence-electron chi connectivity index (χ4n) is 2.76. The second-order valence-corrected chi connectivity index (χ2v) is 6.86. The number of carbonyl (C=O) groups excluding carboxylic acids is 1. The summed E-state index contributed by atoms with van der Waals surface area (Å²) >= 11 is 3.42. The zero-order chi connectivity index (χ0) is 14.6. The van der Waals surface area contributed by atoms with Crippen molar-refractivity contribution in [3.8, 4) is 0 Å². The summed E-state index contributed by atoms with van der Waals surface area (Å²) in [6.45, 7) is 4.48. The Hall–Kier alpha value is -0.710. The summed E-state index contributed by atoms with van der Waals surface area (Å²) in [7, 11) is 0. The zero-order valence-electron chi connectivity index (χ0n) is 11.9. The molecular weight excluding hydrogens is 318 g/mol. The van der Waals surface area contributed by atoms with Crippen molar-refractivity contribution in [2.75, 3.05) is 19.6 Å². The molecule has 1 aliphatic rings. The van der Waals surface area contributed by atoms with E-state index in [0.29, 0.717) is 6.42 Å². The van der Waals surface area contributed by atoms with Crippen LogP contribution in [0.4, 0.5) is 0 Å². The van der Waals surface area contributed by atoms with Gasteiger partial charge in [0.2, 0.25) is 0 Å². The summed E-state index contributed by atoms with van der Waals surface area (Å²) in [6.07, 6.45) is 3.25. The number of benzene rings is 1. The van der Waals surface area contributed by atoms with E-state index < -0.39 is 5.60 Å². The van der Waals surface area contributed by atoms with Gasteiger partial charge >= 0.3 is 0 Å². The standard InChI is InChI=1S/C16H22BrNO2/c1-13(12-19)11-18-8-6-16(20,7-9-18)10-14-2-4-15(17)5-3-14/h2-5,12-13,20H,6-11H2,1H3. The lowest BCUT2D eigenvalue weighted by atomic mass is 9.85. The van der Waals surface area contributed by atoms with E-state index in [9.17, 15) is 9.90 Å². The molecule has 1 N–H and O–H groups in total. The highest BCUT2D eigenvalue weighted by atomic mass is 79.9. The smallest absolute Gasteiger partial charge is 0.124 e. The Labute approximate surface area is 129 Å². The molecule has 0 spiro atoms. The Bertz CT molecular complexity index is 438. The van der Waals surface area contributed by atoms with Crippen molar-refractivity contribution in [1.82, 2.24) is 4.90 Å². The molecule has 1 aromatic carbocycles. The van der Waals surface area contributed by atoms with Gasteiger partial charge in [-0.3, -0.25) is 0 Å². The van der Waals surface area contributed by atoms with Crippen LogP contribution in [0, 0.1) is 5.92 Å². The maximum Gasteiger partial charge on any atom is 0.124 e. The van der Waals surface area contributed by atoms with Gasteiger partial charge in [0.25, 0.3) is 0 Å². The number of aldehydes is 1. The first-order chi connectivity index (χ1) is 9.50. The number of aliphatic hydroxyl groups is 1. The van der Waals surface area contributed by atoms with E-state index in [4.69, 9.17) is 0 Å². The Morgan fingerprint density at radius 3 is 2.50 bits per heavy atom. The van der Waals surface area contributed by atoms with Crippen molar-refractivity contribution in [1.29, 1.82) is 0 Å². The maximum atomic E-state index is 10.7. The molecular formula is C16H22BrNO2. The number of carbonyl (C=O) groups is 1. The van der Waals surface area contributed by atoms with Gasteiger partial charge in [0, 0.05) is 36.4 Å². The highest BCUT2D eigenvalue weighted by molar-refractivity contribution is 9.10. The van der Waals surface area contributed by atoms with Crippen LogP contribution in [0.1, 0.15) is 25.3 Å². The van der Waals surface area contributed by atoms with E-state index in [1.807, 2.05) is 19.1 Å². The summed E-state index contributed by atoms with van der Waals surface area (Å²) in [6, 6.07) is 8.14. The molecule has 0 bridgehead atoms. The second-order valence-electron chi connectivity index (χ2n) is 5.94. The second kappa shape index (κ2) is 6.83. The van der Waals surface area contributed by atoms with Gasteiger partial charge in [0.1, 0.15) is 6.29 Å². The van der Waals surface area contributed by atoms with Crippen LogP contribution in [0.5, 0.6) is 0 Å². The quantitative estimate of drug-likeness (QED) is 0.838. The number of hydrogen-bond donors (Lipinski definition) is 1. The SMILES string of the molecule is CC(C=O)CN1CCC(O)(Cc2ccc(Br)cc2)CC1. The first-order valence-corrected chi connectivity index (χ1v) is 7.94. The molecule has 1 unspecified atom stereocenters. The van der Waals surface area contributed by atoms with Gasteiger partial charge < -0.3 is 14.8 Å². The average Bonchev–Trinajstić information content (AvgIpc) is 2.44. The monoisotopic (exact) mass is 339 g/mol. The average molecular weight is 340 g/mol. The third kappa shape index (κ3) is 4.40. The predicted octanol–water partition coefficient (Wildman–Crippen LogP) is 2.65. The Morgan fingerprint density at radius 2 is 1.95 bits per heavy atom. The summed E-state index contributed by atoms with van der Waals surface area (Å²) in [5.41, 5.74) is 0.569. The predicted molar refractivity (Wildman–Crippen MR) is 83.7 cm³/mol. The van der Waals surface area contributed by atoms with Crippen LogP contribution in [-0.2, 0) is 11.2 Å². The third-order valence-corrected chi connectivity index (χ3v) is 4.54. The number of nitrogens with zero attached hydrogens (tertiary/aromatic N) is 1. The minimum Gasteiger partial charge on any atom is -0.389 e. The molecule has 0 radical (unpaired) electrons. The molecule has 3 nitrogen and oxygen atoms in total. The molecule has 1 saturated heterocycles.